The van der Waals surface area contributed by atoms with Crippen LogP contribution in [0.1, 0.15) is 30.9 Å². The molecule has 0 saturated carbocycles. The summed E-state index contributed by atoms with van der Waals surface area (Å²) in [5.74, 6) is 0.177. The van der Waals surface area contributed by atoms with E-state index in [0.29, 0.717) is 24.7 Å². The molecule has 5 nitrogen and oxygen atoms in total. The second kappa shape index (κ2) is 7.03. The molecular formula is C15H21N3O2S. The zero-order valence-corrected chi connectivity index (χ0v) is 13.1. The first-order valence-corrected chi connectivity index (χ1v) is 8.86. The van der Waals surface area contributed by atoms with Crippen molar-refractivity contribution in [3.63, 3.8) is 0 Å². The van der Waals surface area contributed by atoms with Crippen LogP contribution in [0.4, 0.5) is 0 Å². The van der Waals surface area contributed by atoms with E-state index < -0.39 is 10.0 Å². The minimum absolute atomic E-state index is 0.177. The van der Waals surface area contributed by atoms with Crippen LogP contribution in [0.2, 0.25) is 0 Å². The zero-order valence-electron chi connectivity index (χ0n) is 12.2. The van der Waals surface area contributed by atoms with Crippen molar-refractivity contribution >= 4 is 10.0 Å². The van der Waals surface area contributed by atoms with Crippen LogP contribution in [-0.2, 0) is 16.6 Å². The number of sulfonamides is 1. The molecule has 0 atom stereocenters. The maximum Gasteiger partial charge on any atom is 0.213 e. The van der Waals surface area contributed by atoms with Crippen LogP contribution in [0.25, 0.3) is 0 Å². The van der Waals surface area contributed by atoms with Crippen LogP contribution in [-0.4, -0.2) is 37.6 Å². The molecule has 0 aromatic heterocycles. The number of nitrogens with one attached hydrogen (secondary N) is 1. The monoisotopic (exact) mass is 307 g/mol. The Hall–Kier alpha value is -1.42. The van der Waals surface area contributed by atoms with E-state index in [1.54, 1.807) is 11.2 Å². The lowest BCUT2D eigenvalue weighted by molar-refractivity contribution is 0.289. The first kappa shape index (κ1) is 16.0. The van der Waals surface area contributed by atoms with Gasteiger partial charge in [0.05, 0.1) is 17.4 Å². The number of hydrogen-bond donors (Lipinski definition) is 1. The molecular weight excluding hydrogens is 286 g/mol. The van der Waals surface area contributed by atoms with Crippen LogP contribution in [0.5, 0.6) is 0 Å². The summed E-state index contributed by atoms with van der Waals surface area (Å²) >= 11 is 0. The lowest BCUT2D eigenvalue weighted by Crippen LogP contribution is -2.45. The van der Waals surface area contributed by atoms with Gasteiger partial charge < -0.3 is 5.32 Å². The van der Waals surface area contributed by atoms with Crippen LogP contribution >= 0.6 is 0 Å². The van der Waals surface area contributed by atoms with Gasteiger partial charge in [-0.2, -0.15) is 5.26 Å². The molecule has 1 aliphatic heterocycles. The van der Waals surface area contributed by atoms with E-state index in [2.05, 4.69) is 11.4 Å². The third kappa shape index (κ3) is 4.27. The molecule has 2 rings (SSSR count). The molecule has 0 spiro atoms. The highest BCUT2D eigenvalue weighted by molar-refractivity contribution is 7.89. The molecule has 1 heterocycles. The fourth-order valence-corrected chi connectivity index (χ4v) is 3.61. The van der Waals surface area contributed by atoms with E-state index in [1.807, 2.05) is 24.3 Å². The standard InChI is InChI=1S/C15H21N3O2S/c1-2-21(19,20)18-9-7-15(8-10-18)17-12-14-5-3-13(11-16)4-6-14/h3-6,15,17H,2,7-10,12H2,1H3. The Morgan fingerprint density at radius 3 is 2.43 bits per heavy atom. The zero-order chi connectivity index (χ0) is 15.3. The third-order valence-electron chi connectivity index (χ3n) is 3.89. The second-order valence-electron chi connectivity index (χ2n) is 5.26. The highest BCUT2D eigenvalue weighted by atomic mass is 32.2. The van der Waals surface area contributed by atoms with Crippen molar-refractivity contribution in [2.75, 3.05) is 18.8 Å². The van der Waals surface area contributed by atoms with Crippen LogP contribution < -0.4 is 5.32 Å². The molecule has 0 amide bonds. The summed E-state index contributed by atoms with van der Waals surface area (Å²) in [6, 6.07) is 9.97. The Kier molecular flexibility index (Phi) is 5.34. The largest absolute Gasteiger partial charge is 0.310 e. The number of piperidine rings is 1. The smallest absolute Gasteiger partial charge is 0.213 e. The summed E-state index contributed by atoms with van der Waals surface area (Å²) in [5, 5.41) is 12.2. The Bertz CT molecular complexity index is 597. The number of hydrogen-bond acceptors (Lipinski definition) is 4. The van der Waals surface area contributed by atoms with Gasteiger partial charge in [0.2, 0.25) is 10.0 Å². The summed E-state index contributed by atoms with van der Waals surface area (Å²) in [4.78, 5) is 0. The number of rotatable bonds is 5. The van der Waals surface area contributed by atoms with Gasteiger partial charge in [-0.3, -0.25) is 0 Å². The lowest BCUT2D eigenvalue weighted by atomic mass is 10.1. The summed E-state index contributed by atoms with van der Waals surface area (Å²) in [6.45, 7) is 3.63. The van der Waals surface area contributed by atoms with Gasteiger partial charge in [-0.05, 0) is 37.5 Å². The molecule has 0 radical (unpaired) electrons. The van der Waals surface area contributed by atoms with Crippen molar-refractivity contribution in [3.8, 4) is 6.07 Å². The fourth-order valence-electron chi connectivity index (χ4n) is 2.48. The van der Waals surface area contributed by atoms with Gasteiger partial charge >= 0.3 is 0 Å². The lowest BCUT2D eigenvalue weighted by Gasteiger charge is -2.31. The minimum atomic E-state index is -3.04. The SMILES string of the molecule is CCS(=O)(=O)N1CCC(NCc2ccc(C#N)cc2)CC1. The van der Waals surface area contributed by atoms with Crippen LogP contribution in [0.3, 0.4) is 0 Å². The summed E-state index contributed by atoms with van der Waals surface area (Å²) < 4.78 is 25.2. The van der Waals surface area contributed by atoms with E-state index in [-0.39, 0.29) is 5.75 Å². The minimum Gasteiger partial charge on any atom is -0.310 e. The van der Waals surface area contributed by atoms with E-state index in [0.717, 1.165) is 24.9 Å². The van der Waals surface area contributed by atoms with Crippen molar-refractivity contribution in [2.45, 2.75) is 32.4 Å². The van der Waals surface area contributed by atoms with Gasteiger partial charge in [-0.1, -0.05) is 12.1 Å². The first-order chi connectivity index (χ1) is 10.0. The van der Waals surface area contributed by atoms with Gasteiger partial charge in [-0.25, -0.2) is 12.7 Å². The van der Waals surface area contributed by atoms with Gasteiger partial charge in [-0.15, -0.1) is 0 Å². The molecule has 1 saturated heterocycles. The first-order valence-electron chi connectivity index (χ1n) is 7.25. The van der Waals surface area contributed by atoms with E-state index >= 15 is 0 Å². The molecule has 1 aromatic rings. The average molecular weight is 307 g/mol. The van der Waals surface area contributed by atoms with Crippen molar-refractivity contribution in [1.29, 1.82) is 5.26 Å². The van der Waals surface area contributed by atoms with Crippen molar-refractivity contribution < 1.29 is 8.42 Å². The normalized spacial score (nSPS) is 17.5. The van der Waals surface area contributed by atoms with Crippen LogP contribution in [0.15, 0.2) is 24.3 Å². The molecule has 1 aliphatic rings. The maximum atomic E-state index is 11.8. The summed E-state index contributed by atoms with van der Waals surface area (Å²) in [5.41, 5.74) is 1.80. The Morgan fingerprint density at radius 1 is 1.29 bits per heavy atom. The number of nitriles is 1. The third-order valence-corrected chi connectivity index (χ3v) is 5.77. The Morgan fingerprint density at radius 2 is 1.90 bits per heavy atom. The van der Waals surface area contributed by atoms with Gasteiger partial charge in [0, 0.05) is 25.7 Å². The van der Waals surface area contributed by atoms with Crippen molar-refractivity contribution in [2.24, 2.45) is 0 Å². The molecule has 1 aromatic carbocycles. The van der Waals surface area contributed by atoms with E-state index in [1.165, 1.54) is 0 Å². The van der Waals surface area contributed by atoms with Gasteiger partial charge in [0.25, 0.3) is 0 Å². The average Bonchev–Trinajstić information content (AvgIpc) is 2.54. The second-order valence-corrected chi connectivity index (χ2v) is 7.52. The predicted octanol–water partition coefficient (Wildman–Crippen LogP) is 1.46. The van der Waals surface area contributed by atoms with E-state index in [4.69, 9.17) is 5.26 Å². The fraction of sp³-hybridized carbons (Fsp3) is 0.533. The van der Waals surface area contributed by atoms with Crippen molar-refractivity contribution in [3.05, 3.63) is 35.4 Å². The molecule has 0 aliphatic carbocycles. The molecule has 0 bridgehead atoms. The molecule has 21 heavy (non-hydrogen) atoms. The molecule has 1 fully saturated rings. The highest BCUT2D eigenvalue weighted by Gasteiger charge is 2.26. The number of nitrogens with zero attached hydrogens (tertiary/aromatic N) is 2. The van der Waals surface area contributed by atoms with E-state index in [9.17, 15) is 8.42 Å². The molecule has 1 N–H and O–H groups in total. The number of benzene rings is 1. The quantitative estimate of drug-likeness (QED) is 0.894. The van der Waals surface area contributed by atoms with Gasteiger partial charge in [0.15, 0.2) is 0 Å². The topological polar surface area (TPSA) is 73.2 Å². The van der Waals surface area contributed by atoms with Crippen molar-refractivity contribution in [1.82, 2.24) is 9.62 Å². The summed E-state index contributed by atoms with van der Waals surface area (Å²) in [7, 11) is -3.04. The maximum absolute atomic E-state index is 11.8. The Balaban J connectivity index is 1.80. The molecule has 0 unspecified atom stereocenters. The molecule has 6 heteroatoms. The summed E-state index contributed by atoms with van der Waals surface area (Å²) in [6.07, 6.45) is 1.69. The highest BCUT2D eigenvalue weighted by Crippen LogP contribution is 2.15. The predicted molar refractivity (Wildman–Crippen MR) is 82.1 cm³/mol. The molecule has 114 valence electrons. The van der Waals surface area contributed by atoms with Gasteiger partial charge in [0.1, 0.15) is 0 Å². The Labute approximate surface area is 126 Å². The van der Waals surface area contributed by atoms with Crippen LogP contribution in [0, 0.1) is 11.3 Å².